The summed E-state index contributed by atoms with van der Waals surface area (Å²) in [5, 5.41) is 6.49. The molecule has 21 heavy (non-hydrogen) atoms. The van der Waals surface area contributed by atoms with Crippen LogP contribution >= 0.6 is 0 Å². The Morgan fingerprint density at radius 1 is 1.29 bits per heavy atom. The summed E-state index contributed by atoms with van der Waals surface area (Å²) >= 11 is 0. The Balaban J connectivity index is 2.00. The van der Waals surface area contributed by atoms with E-state index in [-0.39, 0.29) is 5.91 Å². The van der Waals surface area contributed by atoms with E-state index in [9.17, 15) is 4.79 Å². The van der Waals surface area contributed by atoms with E-state index in [1.807, 2.05) is 25.1 Å². The molecule has 2 rings (SSSR count). The van der Waals surface area contributed by atoms with Crippen molar-refractivity contribution in [1.82, 2.24) is 5.32 Å². The molecule has 0 bridgehead atoms. The zero-order valence-electron chi connectivity index (χ0n) is 13.8. The second kappa shape index (κ2) is 6.50. The molecule has 0 radical (unpaired) electrons. The third-order valence-corrected chi connectivity index (χ3v) is 4.52. The Morgan fingerprint density at radius 3 is 2.52 bits per heavy atom. The molecule has 3 nitrogen and oxygen atoms in total. The highest BCUT2D eigenvalue weighted by Gasteiger charge is 2.26. The van der Waals surface area contributed by atoms with Gasteiger partial charge in [0, 0.05) is 23.8 Å². The van der Waals surface area contributed by atoms with Crippen molar-refractivity contribution in [1.29, 1.82) is 0 Å². The summed E-state index contributed by atoms with van der Waals surface area (Å²) < 4.78 is 0. The van der Waals surface area contributed by atoms with Crippen molar-refractivity contribution >= 4 is 11.6 Å². The van der Waals surface area contributed by atoms with Gasteiger partial charge in [0.15, 0.2) is 0 Å². The molecule has 1 aliphatic carbocycles. The van der Waals surface area contributed by atoms with Gasteiger partial charge in [0.05, 0.1) is 0 Å². The smallest absolute Gasteiger partial charge is 0.251 e. The first-order chi connectivity index (χ1) is 9.91. The Morgan fingerprint density at radius 2 is 1.95 bits per heavy atom. The molecule has 1 aromatic carbocycles. The SMILES string of the molecule is CCNC(=O)c1ccc(NC2CCC(C)(C)CC2)c(C)c1. The molecule has 0 spiro atoms. The van der Waals surface area contributed by atoms with E-state index in [0.29, 0.717) is 18.0 Å². The Bertz CT molecular complexity index is 498. The average Bonchev–Trinajstić information content (AvgIpc) is 2.43. The van der Waals surface area contributed by atoms with Crippen LogP contribution in [0.3, 0.4) is 0 Å². The predicted molar refractivity (Wildman–Crippen MR) is 88.8 cm³/mol. The number of carbonyl (C=O) groups is 1. The zero-order valence-corrected chi connectivity index (χ0v) is 13.8. The summed E-state index contributed by atoms with van der Waals surface area (Å²) in [5.74, 6) is 0.00608. The van der Waals surface area contributed by atoms with Gasteiger partial charge in [-0.25, -0.2) is 0 Å². The standard InChI is InChI=1S/C18H28N2O/c1-5-19-17(21)14-6-7-16(13(2)12-14)20-15-8-10-18(3,4)11-9-15/h6-7,12,15,20H,5,8-11H2,1-4H3,(H,19,21). The molecule has 0 aromatic heterocycles. The van der Waals surface area contributed by atoms with Crippen molar-refractivity contribution in [3.63, 3.8) is 0 Å². The van der Waals surface area contributed by atoms with Crippen LogP contribution in [0, 0.1) is 12.3 Å². The van der Waals surface area contributed by atoms with E-state index in [1.54, 1.807) is 0 Å². The summed E-state index contributed by atoms with van der Waals surface area (Å²) in [6.07, 6.45) is 5.01. The summed E-state index contributed by atoms with van der Waals surface area (Å²) in [5.41, 5.74) is 3.54. The zero-order chi connectivity index (χ0) is 15.5. The molecular formula is C18H28N2O. The molecular weight excluding hydrogens is 260 g/mol. The van der Waals surface area contributed by atoms with Gasteiger partial charge in [0.25, 0.3) is 5.91 Å². The molecule has 3 heteroatoms. The lowest BCUT2D eigenvalue weighted by molar-refractivity contribution is 0.0956. The molecule has 0 heterocycles. The van der Waals surface area contributed by atoms with Crippen LogP contribution in [-0.4, -0.2) is 18.5 Å². The molecule has 1 saturated carbocycles. The third kappa shape index (κ3) is 4.23. The first-order valence-electron chi connectivity index (χ1n) is 8.07. The van der Waals surface area contributed by atoms with Gasteiger partial charge in [-0.05, 0) is 68.7 Å². The van der Waals surface area contributed by atoms with E-state index < -0.39 is 0 Å². The maximum absolute atomic E-state index is 11.8. The second-order valence-corrected chi connectivity index (χ2v) is 6.97. The van der Waals surface area contributed by atoms with E-state index in [4.69, 9.17) is 0 Å². The van der Waals surface area contributed by atoms with Crippen LogP contribution in [-0.2, 0) is 0 Å². The normalized spacial score (nSPS) is 18.3. The predicted octanol–water partition coefficient (Wildman–Crippen LogP) is 4.13. The summed E-state index contributed by atoms with van der Waals surface area (Å²) in [7, 11) is 0. The molecule has 1 aliphatic rings. The number of nitrogens with one attached hydrogen (secondary N) is 2. The van der Waals surface area contributed by atoms with E-state index in [2.05, 4.69) is 31.4 Å². The Labute approximate surface area is 128 Å². The van der Waals surface area contributed by atoms with E-state index in [1.165, 1.54) is 25.7 Å². The molecule has 116 valence electrons. The Hall–Kier alpha value is -1.51. The highest BCUT2D eigenvalue weighted by atomic mass is 16.1. The molecule has 1 aromatic rings. The van der Waals surface area contributed by atoms with Crippen LogP contribution in [0.25, 0.3) is 0 Å². The molecule has 1 fully saturated rings. The molecule has 0 unspecified atom stereocenters. The maximum Gasteiger partial charge on any atom is 0.251 e. The van der Waals surface area contributed by atoms with Crippen molar-refractivity contribution in [2.45, 2.75) is 59.4 Å². The third-order valence-electron chi connectivity index (χ3n) is 4.52. The molecule has 0 saturated heterocycles. The average molecular weight is 288 g/mol. The number of amides is 1. The van der Waals surface area contributed by atoms with Gasteiger partial charge in [-0.15, -0.1) is 0 Å². The van der Waals surface area contributed by atoms with Gasteiger partial charge in [-0.3, -0.25) is 4.79 Å². The molecule has 1 amide bonds. The first-order valence-corrected chi connectivity index (χ1v) is 8.07. The topological polar surface area (TPSA) is 41.1 Å². The number of aryl methyl sites for hydroxylation is 1. The van der Waals surface area contributed by atoms with Crippen molar-refractivity contribution in [2.75, 3.05) is 11.9 Å². The fraction of sp³-hybridized carbons (Fsp3) is 0.611. The molecule has 0 atom stereocenters. The quantitative estimate of drug-likeness (QED) is 0.875. The van der Waals surface area contributed by atoms with Crippen molar-refractivity contribution < 1.29 is 4.79 Å². The summed E-state index contributed by atoms with van der Waals surface area (Å²) in [6, 6.07) is 6.49. The second-order valence-electron chi connectivity index (χ2n) is 6.97. The van der Waals surface area contributed by atoms with Crippen molar-refractivity contribution in [2.24, 2.45) is 5.41 Å². The van der Waals surface area contributed by atoms with Crippen LogP contribution in [0.1, 0.15) is 62.4 Å². The number of hydrogen-bond donors (Lipinski definition) is 2. The maximum atomic E-state index is 11.8. The molecule has 0 aliphatic heterocycles. The Kier molecular flexibility index (Phi) is 4.92. The largest absolute Gasteiger partial charge is 0.382 e. The summed E-state index contributed by atoms with van der Waals surface area (Å²) in [4.78, 5) is 11.8. The number of benzene rings is 1. The summed E-state index contributed by atoms with van der Waals surface area (Å²) in [6.45, 7) is 9.38. The van der Waals surface area contributed by atoms with Crippen LogP contribution in [0.2, 0.25) is 0 Å². The molecule has 2 N–H and O–H groups in total. The lowest BCUT2D eigenvalue weighted by Gasteiger charge is -2.35. The van der Waals surface area contributed by atoms with Gasteiger partial charge in [0.1, 0.15) is 0 Å². The van der Waals surface area contributed by atoms with Gasteiger partial charge >= 0.3 is 0 Å². The minimum Gasteiger partial charge on any atom is -0.382 e. The van der Waals surface area contributed by atoms with Crippen LogP contribution in [0.15, 0.2) is 18.2 Å². The highest BCUT2D eigenvalue weighted by Crippen LogP contribution is 2.36. The van der Waals surface area contributed by atoms with E-state index >= 15 is 0 Å². The first kappa shape index (κ1) is 15.9. The lowest BCUT2D eigenvalue weighted by Crippen LogP contribution is -2.30. The van der Waals surface area contributed by atoms with Crippen LogP contribution in [0.5, 0.6) is 0 Å². The number of carbonyl (C=O) groups excluding carboxylic acids is 1. The van der Waals surface area contributed by atoms with Crippen molar-refractivity contribution in [3.8, 4) is 0 Å². The fourth-order valence-electron chi connectivity index (χ4n) is 2.99. The minimum absolute atomic E-state index is 0.00608. The monoisotopic (exact) mass is 288 g/mol. The lowest BCUT2D eigenvalue weighted by atomic mass is 9.75. The van der Waals surface area contributed by atoms with Crippen LogP contribution < -0.4 is 10.6 Å². The van der Waals surface area contributed by atoms with Gasteiger partial charge in [-0.1, -0.05) is 13.8 Å². The van der Waals surface area contributed by atoms with E-state index in [0.717, 1.165) is 16.8 Å². The number of anilines is 1. The fourth-order valence-corrected chi connectivity index (χ4v) is 2.99. The van der Waals surface area contributed by atoms with Gasteiger partial charge in [-0.2, -0.15) is 0 Å². The highest BCUT2D eigenvalue weighted by molar-refractivity contribution is 5.94. The van der Waals surface area contributed by atoms with Crippen molar-refractivity contribution in [3.05, 3.63) is 29.3 Å². The van der Waals surface area contributed by atoms with Gasteiger partial charge < -0.3 is 10.6 Å². The number of rotatable bonds is 4. The van der Waals surface area contributed by atoms with Crippen LogP contribution in [0.4, 0.5) is 5.69 Å². The number of hydrogen-bond acceptors (Lipinski definition) is 2. The minimum atomic E-state index is 0.00608. The van der Waals surface area contributed by atoms with Gasteiger partial charge in [0.2, 0.25) is 0 Å².